The second-order valence-corrected chi connectivity index (χ2v) is 6.58. The van der Waals surface area contributed by atoms with Gasteiger partial charge < -0.3 is 9.42 Å². The van der Waals surface area contributed by atoms with Crippen LogP contribution in [0, 0.1) is 0 Å². The maximum atomic E-state index is 5.22. The van der Waals surface area contributed by atoms with Crippen LogP contribution in [0.25, 0.3) is 5.69 Å². The summed E-state index contributed by atoms with van der Waals surface area (Å²) in [4.78, 5) is 4.84. The van der Waals surface area contributed by atoms with E-state index in [0.29, 0.717) is 6.04 Å². The van der Waals surface area contributed by atoms with Crippen molar-refractivity contribution in [1.82, 2.24) is 19.8 Å². The zero-order chi connectivity index (χ0) is 17.1. The van der Waals surface area contributed by atoms with Crippen LogP contribution >= 0.6 is 0 Å². The zero-order valence-electron chi connectivity index (χ0n) is 14.5. The third kappa shape index (κ3) is 3.58. The molecule has 25 heavy (non-hydrogen) atoms. The van der Waals surface area contributed by atoms with Crippen molar-refractivity contribution in [2.24, 2.45) is 0 Å². The number of rotatable bonds is 5. The molecule has 0 radical (unpaired) electrons. The van der Waals surface area contributed by atoms with Gasteiger partial charge in [-0.15, -0.1) is 0 Å². The summed E-state index contributed by atoms with van der Waals surface area (Å²) < 4.78 is 7.10. The van der Waals surface area contributed by atoms with Crippen molar-refractivity contribution < 1.29 is 4.52 Å². The second-order valence-electron chi connectivity index (χ2n) is 6.58. The summed E-state index contributed by atoms with van der Waals surface area (Å²) in [6, 6.07) is 13.1. The summed E-state index contributed by atoms with van der Waals surface area (Å²) >= 11 is 0. The smallest absolute Gasteiger partial charge is 0.150 e. The Hall–Kier alpha value is -2.60. The molecule has 3 heterocycles. The second kappa shape index (κ2) is 7.11. The Kier molecular flexibility index (Phi) is 4.52. The van der Waals surface area contributed by atoms with Crippen molar-refractivity contribution in [3.63, 3.8) is 0 Å². The SMILES string of the molecule is CN(Cc1ccno1)C1CCN(c2ccc(-n3cccn3)cc2)CC1. The molecule has 1 saturated heterocycles. The van der Waals surface area contributed by atoms with Gasteiger partial charge in [-0.2, -0.15) is 5.10 Å². The van der Waals surface area contributed by atoms with E-state index in [-0.39, 0.29) is 0 Å². The molecule has 1 aromatic carbocycles. The standard InChI is InChI=1S/C19H23N5O/c1-22(15-19-7-11-21-25-19)16-8-13-23(14-9-16)17-3-5-18(6-4-17)24-12-2-10-20-24/h2-7,10-12,16H,8-9,13-15H2,1H3. The number of hydrogen-bond donors (Lipinski definition) is 0. The van der Waals surface area contributed by atoms with Crippen LogP contribution in [0.3, 0.4) is 0 Å². The van der Waals surface area contributed by atoms with Gasteiger partial charge in [-0.25, -0.2) is 4.68 Å². The zero-order valence-corrected chi connectivity index (χ0v) is 14.5. The number of anilines is 1. The summed E-state index contributed by atoms with van der Waals surface area (Å²) in [5.74, 6) is 0.930. The fourth-order valence-corrected chi connectivity index (χ4v) is 3.50. The van der Waals surface area contributed by atoms with Crippen molar-refractivity contribution in [3.05, 3.63) is 60.7 Å². The maximum absolute atomic E-state index is 5.22. The molecule has 0 unspecified atom stereocenters. The van der Waals surface area contributed by atoms with E-state index in [4.69, 9.17) is 4.52 Å². The van der Waals surface area contributed by atoms with Gasteiger partial charge in [0, 0.05) is 43.3 Å². The van der Waals surface area contributed by atoms with E-state index < -0.39 is 0 Å². The van der Waals surface area contributed by atoms with Crippen molar-refractivity contribution >= 4 is 5.69 Å². The normalized spacial score (nSPS) is 15.8. The van der Waals surface area contributed by atoms with Crippen molar-refractivity contribution in [1.29, 1.82) is 0 Å². The van der Waals surface area contributed by atoms with Crippen LogP contribution in [0.5, 0.6) is 0 Å². The molecular formula is C19H23N5O. The van der Waals surface area contributed by atoms with Gasteiger partial charge in [-0.1, -0.05) is 5.16 Å². The molecule has 130 valence electrons. The molecular weight excluding hydrogens is 314 g/mol. The lowest BCUT2D eigenvalue weighted by molar-refractivity contribution is 0.180. The fraction of sp³-hybridized carbons (Fsp3) is 0.368. The molecule has 0 N–H and O–H groups in total. The molecule has 2 aromatic heterocycles. The highest BCUT2D eigenvalue weighted by Gasteiger charge is 2.23. The highest BCUT2D eigenvalue weighted by molar-refractivity contribution is 5.51. The lowest BCUT2D eigenvalue weighted by Crippen LogP contribution is -2.43. The topological polar surface area (TPSA) is 50.3 Å². The number of benzene rings is 1. The van der Waals surface area contributed by atoms with E-state index in [2.05, 4.69) is 51.4 Å². The number of piperidine rings is 1. The van der Waals surface area contributed by atoms with Gasteiger partial charge in [0.25, 0.3) is 0 Å². The summed E-state index contributed by atoms with van der Waals surface area (Å²) in [7, 11) is 2.17. The predicted octanol–water partition coefficient (Wildman–Crippen LogP) is 2.96. The van der Waals surface area contributed by atoms with E-state index >= 15 is 0 Å². The molecule has 0 spiro atoms. The average molecular weight is 337 g/mol. The Morgan fingerprint density at radius 3 is 2.48 bits per heavy atom. The van der Waals surface area contributed by atoms with Crippen LogP contribution in [0.2, 0.25) is 0 Å². The van der Waals surface area contributed by atoms with Crippen LogP contribution in [0.15, 0.2) is 59.5 Å². The quantitative estimate of drug-likeness (QED) is 0.716. The molecule has 0 atom stereocenters. The summed E-state index contributed by atoms with van der Waals surface area (Å²) in [5, 5.41) is 8.06. The van der Waals surface area contributed by atoms with Crippen LogP contribution < -0.4 is 4.90 Å². The molecule has 0 aliphatic carbocycles. The Morgan fingerprint density at radius 1 is 1.08 bits per heavy atom. The van der Waals surface area contributed by atoms with Crippen molar-refractivity contribution in [2.45, 2.75) is 25.4 Å². The van der Waals surface area contributed by atoms with Crippen molar-refractivity contribution in [2.75, 3.05) is 25.0 Å². The molecule has 1 fully saturated rings. The van der Waals surface area contributed by atoms with Gasteiger partial charge in [0.05, 0.1) is 18.4 Å². The largest absolute Gasteiger partial charge is 0.371 e. The average Bonchev–Trinajstić information content (AvgIpc) is 3.36. The first-order valence-corrected chi connectivity index (χ1v) is 8.74. The third-order valence-corrected chi connectivity index (χ3v) is 4.97. The Labute approximate surface area is 147 Å². The summed E-state index contributed by atoms with van der Waals surface area (Å²) in [5.41, 5.74) is 2.38. The Bertz CT molecular complexity index is 759. The van der Waals surface area contributed by atoms with Gasteiger partial charge in [0.2, 0.25) is 0 Å². The van der Waals surface area contributed by atoms with Gasteiger partial charge in [-0.3, -0.25) is 4.90 Å². The van der Waals surface area contributed by atoms with E-state index in [9.17, 15) is 0 Å². The Morgan fingerprint density at radius 2 is 1.84 bits per heavy atom. The molecule has 0 bridgehead atoms. The van der Waals surface area contributed by atoms with E-state index in [1.54, 1.807) is 12.4 Å². The molecule has 1 aliphatic heterocycles. The molecule has 3 aromatic rings. The first-order valence-electron chi connectivity index (χ1n) is 8.74. The van der Waals surface area contributed by atoms with Gasteiger partial charge >= 0.3 is 0 Å². The molecule has 6 heteroatoms. The minimum atomic E-state index is 0.588. The van der Waals surface area contributed by atoms with E-state index in [0.717, 1.165) is 43.9 Å². The van der Waals surface area contributed by atoms with Gasteiger partial charge in [0.15, 0.2) is 5.76 Å². The summed E-state index contributed by atoms with van der Waals surface area (Å²) in [6.07, 6.45) is 7.79. The predicted molar refractivity (Wildman–Crippen MR) is 96.8 cm³/mol. The molecule has 0 amide bonds. The minimum Gasteiger partial charge on any atom is -0.371 e. The van der Waals surface area contributed by atoms with Gasteiger partial charge in [-0.05, 0) is 50.2 Å². The number of aromatic nitrogens is 3. The molecule has 4 rings (SSSR count). The third-order valence-electron chi connectivity index (χ3n) is 4.97. The summed E-state index contributed by atoms with van der Waals surface area (Å²) in [6.45, 7) is 2.97. The first kappa shape index (κ1) is 15.9. The fourth-order valence-electron chi connectivity index (χ4n) is 3.50. The number of nitrogens with zero attached hydrogens (tertiary/aromatic N) is 5. The number of hydrogen-bond acceptors (Lipinski definition) is 5. The lowest BCUT2D eigenvalue weighted by Gasteiger charge is -2.37. The monoisotopic (exact) mass is 337 g/mol. The maximum Gasteiger partial charge on any atom is 0.150 e. The highest BCUT2D eigenvalue weighted by Crippen LogP contribution is 2.24. The lowest BCUT2D eigenvalue weighted by atomic mass is 10.0. The molecule has 0 saturated carbocycles. The Balaban J connectivity index is 1.34. The highest BCUT2D eigenvalue weighted by atomic mass is 16.5. The van der Waals surface area contributed by atoms with E-state index in [1.165, 1.54) is 5.69 Å². The van der Waals surface area contributed by atoms with E-state index in [1.807, 2.05) is 23.0 Å². The van der Waals surface area contributed by atoms with Crippen LogP contribution in [0.4, 0.5) is 5.69 Å². The first-order chi connectivity index (χ1) is 12.3. The van der Waals surface area contributed by atoms with Crippen molar-refractivity contribution in [3.8, 4) is 5.69 Å². The molecule has 6 nitrogen and oxygen atoms in total. The van der Waals surface area contributed by atoms with Crippen LogP contribution in [0.1, 0.15) is 18.6 Å². The molecule has 1 aliphatic rings. The van der Waals surface area contributed by atoms with Crippen LogP contribution in [-0.4, -0.2) is 46.0 Å². The van der Waals surface area contributed by atoms with Gasteiger partial charge in [0.1, 0.15) is 0 Å². The van der Waals surface area contributed by atoms with Crippen LogP contribution in [-0.2, 0) is 6.54 Å². The minimum absolute atomic E-state index is 0.588.